The third kappa shape index (κ3) is 3.20. The average Bonchev–Trinajstić information content (AvgIpc) is 3.19. The lowest BCUT2D eigenvalue weighted by Gasteiger charge is -2.44. The van der Waals surface area contributed by atoms with Crippen LogP contribution in [0.1, 0.15) is 36.0 Å². The largest absolute Gasteiger partial charge is 0.339 e. The van der Waals surface area contributed by atoms with Crippen molar-refractivity contribution in [2.75, 3.05) is 26.2 Å². The summed E-state index contributed by atoms with van der Waals surface area (Å²) in [6, 6.07) is 13.9. The molecule has 2 saturated heterocycles. The first kappa shape index (κ1) is 17.4. The van der Waals surface area contributed by atoms with Gasteiger partial charge in [-0.05, 0) is 68.5 Å². The summed E-state index contributed by atoms with van der Waals surface area (Å²) in [7, 11) is 0. The van der Waals surface area contributed by atoms with Gasteiger partial charge in [0.2, 0.25) is 0 Å². The molecule has 0 unspecified atom stereocenters. The van der Waals surface area contributed by atoms with Crippen molar-refractivity contribution in [3.05, 3.63) is 60.4 Å². The summed E-state index contributed by atoms with van der Waals surface area (Å²) in [4.78, 5) is 19.8. The second-order valence-electron chi connectivity index (χ2n) is 8.22. The Balaban J connectivity index is 1.34. The van der Waals surface area contributed by atoms with Crippen LogP contribution in [0.3, 0.4) is 0 Å². The fourth-order valence-corrected chi connectivity index (χ4v) is 4.71. The van der Waals surface area contributed by atoms with E-state index in [0.29, 0.717) is 5.41 Å². The lowest BCUT2D eigenvalue weighted by Crippen LogP contribution is -2.47. The molecule has 1 aromatic carbocycles. The third-order valence-electron chi connectivity index (χ3n) is 6.54. The maximum absolute atomic E-state index is 13.1. The van der Waals surface area contributed by atoms with Gasteiger partial charge in [-0.2, -0.15) is 0 Å². The van der Waals surface area contributed by atoms with Crippen molar-refractivity contribution in [2.45, 2.75) is 25.7 Å². The minimum atomic E-state index is 0.148. The molecule has 28 heavy (non-hydrogen) atoms. The molecule has 5 heteroatoms. The van der Waals surface area contributed by atoms with E-state index >= 15 is 0 Å². The van der Waals surface area contributed by atoms with E-state index in [1.54, 1.807) is 0 Å². The number of fused-ring (bicyclic) bond motifs is 1. The van der Waals surface area contributed by atoms with E-state index < -0.39 is 0 Å². The predicted molar refractivity (Wildman–Crippen MR) is 110 cm³/mol. The molecule has 1 amide bonds. The summed E-state index contributed by atoms with van der Waals surface area (Å²) in [5.74, 6) is 0.148. The smallest absolute Gasteiger partial charge is 0.253 e. The molecule has 0 bridgehead atoms. The minimum absolute atomic E-state index is 0.148. The molecule has 1 spiro atoms. The van der Waals surface area contributed by atoms with E-state index in [4.69, 9.17) is 0 Å². The number of piperidine rings is 2. The molecule has 0 atom stereocenters. The Bertz CT molecular complexity index is 960. The van der Waals surface area contributed by atoms with Gasteiger partial charge < -0.3 is 14.6 Å². The molecule has 5 nitrogen and oxygen atoms in total. The molecule has 3 aromatic rings. The van der Waals surface area contributed by atoms with Crippen molar-refractivity contribution in [3.63, 3.8) is 0 Å². The number of likely N-dealkylation sites (tertiary alicyclic amines) is 1. The van der Waals surface area contributed by atoms with Gasteiger partial charge in [0.15, 0.2) is 0 Å². The molecule has 0 radical (unpaired) electrons. The van der Waals surface area contributed by atoms with Gasteiger partial charge in [0.25, 0.3) is 5.91 Å². The second-order valence-corrected chi connectivity index (χ2v) is 8.22. The van der Waals surface area contributed by atoms with Gasteiger partial charge >= 0.3 is 0 Å². The number of carbonyl (C=O) groups is 1. The zero-order valence-electron chi connectivity index (χ0n) is 16.1. The van der Waals surface area contributed by atoms with Crippen molar-refractivity contribution in [3.8, 4) is 11.3 Å². The Morgan fingerprint density at radius 3 is 2.61 bits per heavy atom. The molecule has 144 valence electrons. The van der Waals surface area contributed by atoms with Crippen LogP contribution in [-0.4, -0.2) is 46.4 Å². The molecule has 2 aromatic heterocycles. The fourth-order valence-electron chi connectivity index (χ4n) is 4.71. The Morgan fingerprint density at radius 1 is 1.00 bits per heavy atom. The van der Waals surface area contributed by atoms with Crippen LogP contribution in [-0.2, 0) is 0 Å². The molecule has 5 rings (SSSR count). The van der Waals surface area contributed by atoms with Crippen LogP contribution in [0.15, 0.2) is 54.9 Å². The van der Waals surface area contributed by atoms with E-state index in [-0.39, 0.29) is 5.91 Å². The van der Waals surface area contributed by atoms with E-state index in [2.05, 4.69) is 10.3 Å². The predicted octanol–water partition coefficient (Wildman–Crippen LogP) is 3.61. The lowest BCUT2D eigenvalue weighted by atomic mass is 9.71. The summed E-state index contributed by atoms with van der Waals surface area (Å²) in [6.45, 7) is 3.98. The maximum Gasteiger partial charge on any atom is 0.253 e. The topological polar surface area (TPSA) is 49.6 Å². The van der Waals surface area contributed by atoms with Crippen LogP contribution in [0.5, 0.6) is 0 Å². The highest BCUT2D eigenvalue weighted by Gasteiger charge is 2.36. The quantitative estimate of drug-likeness (QED) is 0.746. The SMILES string of the molecule is O=C(c1cccc(-c2cn3ccccc3n2)c1)N1CCC2(CCNCC2)CC1. The normalized spacial score (nSPS) is 19.2. The standard InChI is InChI=1S/C23H26N4O/c28-22(26-14-9-23(10-15-26)7-11-24-12-8-23)19-5-3-4-18(16-19)20-17-27-13-2-1-6-21(27)25-20/h1-6,13,16-17,24H,7-12,14-15H2. The molecule has 0 aliphatic carbocycles. The van der Waals surface area contributed by atoms with Gasteiger partial charge in [-0.3, -0.25) is 4.79 Å². The van der Waals surface area contributed by atoms with Crippen LogP contribution in [0.2, 0.25) is 0 Å². The Labute approximate surface area is 165 Å². The zero-order valence-corrected chi connectivity index (χ0v) is 16.1. The number of benzene rings is 1. The number of rotatable bonds is 2. The summed E-state index contributed by atoms with van der Waals surface area (Å²) in [6.07, 6.45) is 8.77. The number of amides is 1. The van der Waals surface area contributed by atoms with Crippen LogP contribution >= 0.6 is 0 Å². The molecule has 2 aliphatic rings. The number of pyridine rings is 1. The average molecular weight is 374 g/mol. The number of nitrogens with zero attached hydrogens (tertiary/aromatic N) is 3. The third-order valence-corrected chi connectivity index (χ3v) is 6.54. The highest BCUT2D eigenvalue weighted by Crippen LogP contribution is 2.39. The van der Waals surface area contributed by atoms with Crippen LogP contribution in [0.25, 0.3) is 16.9 Å². The number of imidazole rings is 1. The highest BCUT2D eigenvalue weighted by molar-refractivity contribution is 5.95. The molecule has 2 aliphatic heterocycles. The van der Waals surface area contributed by atoms with Crippen LogP contribution in [0, 0.1) is 5.41 Å². The number of hydrogen-bond acceptors (Lipinski definition) is 3. The number of hydrogen-bond donors (Lipinski definition) is 1. The number of carbonyl (C=O) groups excluding carboxylic acids is 1. The fraction of sp³-hybridized carbons (Fsp3) is 0.391. The van der Waals surface area contributed by atoms with Crippen molar-refractivity contribution in [1.29, 1.82) is 0 Å². The highest BCUT2D eigenvalue weighted by atomic mass is 16.2. The molecular formula is C23H26N4O. The second kappa shape index (κ2) is 7.06. The molecule has 4 heterocycles. The van der Waals surface area contributed by atoms with Gasteiger partial charge in [0.1, 0.15) is 5.65 Å². The minimum Gasteiger partial charge on any atom is -0.339 e. The maximum atomic E-state index is 13.1. The van der Waals surface area contributed by atoms with Crippen LogP contribution in [0.4, 0.5) is 0 Å². The van der Waals surface area contributed by atoms with Gasteiger partial charge in [-0.25, -0.2) is 4.98 Å². The van der Waals surface area contributed by atoms with E-state index in [1.165, 1.54) is 12.8 Å². The van der Waals surface area contributed by atoms with E-state index in [1.807, 2.05) is 64.2 Å². The van der Waals surface area contributed by atoms with Gasteiger partial charge in [-0.1, -0.05) is 18.2 Å². The number of nitrogens with one attached hydrogen (secondary N) is 1. The first-order valence-electron chi connectivity index (χ1n) is 10.3. The molecule has 1 N–H and O–H groups in total. The first-order valence-corrected chi connectivity index (χ1v) is 10.3. The van der Waals surface area contributed by atoms with Crippen LogP contribution < -0.4 is 5.32 Å². The van der Waals surface area contributed by atoms with Crippen molar-refractivity contribution in [2.24, 2.45) is 5.41 Å². The van der Waals surface area contributed by atoms with Gasteiger partial charge in [0.05, 0.1) is 5.69 Å². The van der Waals surface area contributed by atoms with E-state index in [9.17, 15) is 4.79 Å². The Hall–Kier alpha value is -2.66. The summed E-state index contributed by atoms with van der Waals surface area (Å²) >= 11 is 0. The summed E-state index contributed by atoms with van der Waals surface area (Å²) in [5.41, 5.74) is 4.02. The van der Waals surface area contributed by atoms with Gasteiger partial charge in [-0.15, -0.1) is 0 Å². The summed E-state index contributed by atoms with van der Waals surface area (Å²) in [5, 5.41) is 3.46. The van der Waals surface area contributed by atoms with Gasteiger partial charge in [0, 0.05) is 36.6 Å². The monoisotopic (exact) mass is 374 g/mol. The Morgan fingerprint density at radius 2 is 1.82 bits per heavy atom. The first-order chi connectivity index (χ1) is 13.7. The molecular weight excluding hydrogens is 348 g/mol. The molecule has 2 fully saturated rings. The number of aromatic nitrogens is 2. The van der Waals surface area contributed by atoms with E-state index in [0.717, 1.165) is 61.5 Å². The summed E-state index contributed by atoms with van der Waals surface area (Å²) < 4.78 is 2.01. The van der Waals surface area contributed by atoms with Crippen molar-refractivity contribution >= 4 is 11.6 Å². The Kier molecular flexibility index (Phi) is 4.40. The van der Waals surface area contributed by atoms with Crippen molar-refractivity contribution in [1.82, 2.24) is 19.6 Å². The van der Waals surface area contributed by atoms with Crippen molar-refractivity contribution < 1.29 is 4.79 Å². The molecule has 0 saturated carbocycles. The zero-order chi connectivity index (χ0) is 19.0. The lowest BCUT2D eigenvalue weighted by molar-refractivity contribution is 0.0496.